The fraction of sp³-hybridized carbons (Fsp3) is 0.105. The van der Waals surface area contributed by atoms with Crippen LogP contribution in [0.5, 0.6) is 0 Å². The number of aromatic nitrogens is 1. The van der Waals surface area contributed by atoms with Gasteiger partial charge in [-0.05, 0) is 49.3 Å². The summed E-state index contributed by atoms with van der Waals surface area (Å²) in [5, 5.41) is 18.1. The molecule has 0 saturated carbocycles. The first-order chi connectivity index (χ1) is 12.1. The molecule has 1 aliphatic carbocycles. The summed E-state index contributed by atoms with van der Waals surface area (Å²) in [4.78, 5) is 3.27. The van der Waals surface area contributed by atoms with Crippen molar-refractivity contribution in [1.82, 2.24) is 4.98 Å². The van der Waals surface area contributed by atoms with Gasteiger partial charge in [-0.1, -0.05) is 0 Å². The zero-order chi connectivity index (χ0) is 17.4. The van der Waals surface area contributed by atoms with Gasteiger partial charge in [-0.15, -0.1) is 0 Å². The third kappa shape index (κ3) is 2.89. The standard InChI is InChI=1S/C19H17N3O3/c20-19(21)12-4-5-15-13(6-12)8-16(22-15)18-10-24-9-17(25-18)11-2-1-3-14(23)7-11/h3-10,22-23H,1-2H2,(H3,20,21). The van der Waals surface area contributed by atoms with E-state index >= 15 is 0 Å². The van der Waals surface area contributed by atoms with Gasteiger partial charge in [-0.3, -0.25) is 5.41 Å². The number of nitrogens with two attached hydrogens (primary N) is 1. The minimum Gasteiger partial charge on any atom is -0.508 e. The van der Waals surface area contributed by atoms with Crippen molar-refractivity contribution < 1.29 is 14.6 Å². The number of aliphatic hydroxyl groups is 1. The number of hydrogen-bond acceptors (Lipinski definition) is 4. The van der Waals surface area contributed by atoms with Crippen molar-refractivity contribution >= 4 is 22.5 Å². The van der Waals surface area contributed by atoms with E-state index < -0.39 is 0 Å². The molecular formula is C19H17N3O3. The van der Waals surface area contributed by atoms with Crippen LogP contribution in [-0.2, 0) is 9.47 Å². The monoisotopic (exact) mass is 335 g/mol. The summed E-state index contributed by atoms with van der Waals surface area (Å²) < 4.78 is 11.4. The molecule has 0 fully saturated rings. The minimum absolute atomic E-state index is 0.0310. The van der Waals surface area contributed by atoms with E-state index in [-0.39, 0.29) is 11.6 Å². The number of hydrogen-bond donors (Lipinski definition) is 4. The predicted molar refractivity (Wildman–Crippen MR) is 95.6 cm³/mol. The molecule has 25 heavy (non-hydrogen) atoms. The SMILES string of the molecule is N=C(N)c1ccc2[nH]c(C3=COC=C(C4=CC(O)=CCC4)O3)cc2c1. The number of H-pyrrole nitrogens is 1. The van der Waals surface area contributed by atoms with Gasteiger partial charge in [0.2, 0.25) is 0 Å². The van der Waals surface area contributed by atoms with E-state index in [0.29, 0.717) is 17.1 Å². The van der Waals surface area contributed by atoms with Gasteiger partial charge < -0.3 is 25.3 Å². The van der Waals surface area contributed by atoms with E-state index in [1.165, 1.54) is 12.5 Å². The molecule has 0 bridgehead atoms. The van der Waals surface area contributed by atoms with Gasteiger partial charge >= 0.3 is 0 Å². The molecule has 4 rings (SSSR count). The highest BCUT2D eigenvalue weighted by atomic mass is 16.5. The van der Waals surface area contributed by atoms with Gasteiger partial charge in [-0.2, -0.15) is 0 Å². The van der Waals surface area contributed by atoms with E-state index in [1.54, 1.807) is 18.2 Å². The van der Waals surface area contributed by atoms with E-state index in [4.69, 9.17) is 20.6 Å². The third-order valence-electron chi connectivity index (χ3n) is 4.17. The molecule has 2 aliphatic rings. The van der Waals surface area contributed by atoms with Crippen LogP contribution in [0.2, 0.25) is 0 Å². The van der Waals surface area contributed by atoms with Gasteiger partial charge in [-0.25, -0.2) is 0 Å². The molecule has 0 amide bonds. The van der Waals surface area contributed by atoms with E-state index in [2.05, 4.69) is 4.98 Å². The molecule has 2 aromatic rings. The molecule has 5 N–H and O–H groups in total. The number of nitrogen functional groups attached to an aromatic ring is 1. The van der Waals surface area contributed by atoms with Crippen LogP contribution in [0.15, 0.2) is 66.0 Å². The van der Waals surface area contributed by atoms with Crippen molar-refractivity contribution in [3.05, 3.63) is 77.3 Å². The maximum absolute atomic E-state index is 9.67. The molecule has 0 unspecified atom stereocenters. The molecule has 126 valence electrons. The molecule has 0 atom stereocenters. The second-order valence-electron chi connectivity index (χ2n) is 5.94. The average Bonchev–Trinajstić information content (AvgIpc) is 3.05. The number of rotatable bonds is 3. The van der Waals surface area contributed by atoms with Gasteiger partial charge in [0.1, 0.15) is 24.1 Å². The summed E-state index contributed by atoms with van der Waals surface area (Å²) in [6, 6.07) is 7.45. The molecule has 6 heteroatoms. The van der Waals surface area contributed by atoms with Crippen LogP contribution < -0.4 is 5.73 Å². The number of aromatic amines is 1. The van der Waals surface area contributed by atoms with Crippen molar-refractivity contribution in [1.29, 1.82) is 5.41 Å². The predicted octanol–water partition coefficient (Wildman–Crippen LogP) is 3.80. The molecule has 0 spiro atoms. The average molecular weight is 335 g/mol. The molecule has 1 aliphatic heterocycles. The Morgan fingerprint density at radius 2 is 2.04 bits per heavy atom. The second-order valence-corrected chi connectivity index (χ2v) is 5.94. The van der Waals surface area contributed by atoms with Crippen LogP contribution in [0, 0.1) is 5.41 Å². The Bertz CT molecular complexity index is 993. The van der Waals surface area contributed by atoms with E-state index in [1.807, 2.05) is 18.2 Å². The van der Waals surface area contributed by atoms with Gasteiger partial charge in [0.25, 0.3) is 0 Å². The normalized spacial score (nSPS) is 17.0. The summed E-state index contributed by atoms with van der Waals surface area (Å²) in [5.74, 6) is 1.40. The number of amidine groups is 1. The first kappa shape index (κ1) is 15.1. The first-order valence-electron chi connectivity index (χ1n) is 7.91. The highest BCUT2D eigenvalue weighted by Gasteiger charge is 2.19. The lowest BCUT2D eigenvalue weighted by molar-refractivity contribution is 0.283. The third-order valence-corrected chi connectivity index (χ3v) is 4.17. The molecular weight excluding hydrogens is 318 g/mol. The Hall–Kier alpha value is -3.41. The van der Waals surface area contributed by atoms with Crippen molar-refractivity contribution in [2.75, 3.05) is 0 Å². The summed E-state index contributed by atoms with van der Waals surface area (Å²) >= 11 is 0. The van der Waals surface area contributed by atoms with Crippen LogP contribution in [0.1, 0.15) is 24.1 Å². The Morgan fingerprint density at radius 1 is 1.20 bits per heavy atom. The largest absolute Gasteiger partial charge is 0.508 e. The molecule has 1 aromatic carbocycles. The van der Waals surface area contributed by atoms with Crippen LogP contribution in [-0.4, -0.2) is 15.9 Å². The smallest absolute Gasteiger partial charge is 0.185 e. The fourth-order valence-electron chi connectivity index (χ4n) is 2.90. The van der Waals surface area contributed by atoms with Gasteiger partial charge in [0, 0.05) is 22.0 Å². The van der Waals surface area contributed by atoms with E-state index in [0.717, 1.165) is 35.0 Å². The Morgan fingerprint density at radius 3 is 2.84 bits per heavy atom. The van der Waals surface area contributed by atoms with Crippen molar-refractivity contribution in [2.45, 2.75) is 12.8 Å². The fourth-order valence-corrected chi connectivity index (χ4v) is 2.90. The highest BCUT2D eigenvalue weighted by molar-refractivity contribution is 5.99. The van der Waals surface area contributed by atoms with Crippen LogP contribution in [0.4, 0.5) is 0 Å². The summed E-state index contributed by atoms with van der Waals surface area (Å²) in [6.07, 6.45) is 8.06. The Kier molecular flexibility index (Phi) is 3.57. The maximum Gasteiger partial charge on any atom is 0.185 e. The number of aliphatic hydroxyl groups excluding tert-OH is 1. The zero-order valence-corrected chi connectivity index (χ0v) is 13.4. The van der Waals surface area contributed by atoms with Crippen molar-refractivity contribution in [3.63, 3.8) is 0 Å². The molecule has 2 heterocycles. The van der Waals surface area contributed by atoms with Crippen molar-refractivity contribution in [3.8, 4) is 0 Å². The van der Waals surface area contributed by atoms with Gasteiger partial charge in [0.05, 0.1) is 5.69 Å². The van der Waals surface area contributed by atoms with Gasteiger partial charge in [0.15, 0.2) is 11.5 Å². The van der Waals surface area contributed by atoms with Crippen LogP contribution >= 0.6 is 0 Å². The lowest BCUT2D eigenvalue weighted by Crippen LogP contribution is -2.10. The molecule has 0 saturated heterocycles. The summed E-state index contributed by atoms with van der Waals surface area (Å²) in [5.41, 5.74) is 8.78. The molecule has 1 aromatic heterocycles. The van der Waals surface area contributed by atoms with Crippen LogP contribution in [0.3, 0.4) is 0 Å². The van der Waals surface area contributed by atoms with E-state index in [9.17, 15) is 5.11 Å². The maximum atomic E-state index is 9.67. The summed E-state index contributed by atoms with van der Waals surface area (Å²) in [6.45, 7) is 0. The Balaban J connectivity index is 1.62. The number of allylic oxidation sites excluding steroid dienone is 3. The lowest BCUT2D eigenvalue weighted by atomic mass is 10.0. The number of nitrogens with one attached hydrogen (secondary N) is 2. The van der Waals surface area contributed by atoms with Crippen molar-refractivity contribution in [2.24, 2.45) is 5.73 Å². The number of benzene rings is 1. The van der Waals surface area contributed by atoms with Crippen LogP contribution in [0.25, 0.3) is 16.7 Å². The molecule has 6 nitrogen and oxygen atoms in total. The summed E-state index contributed by atoms with van der Waals surface area (Å²) in [7, 11) is 0. The quantitative estimate of drug-likeness (QED) is 0.506. The highest BCUT2D eigenvalue weighted by Crippen LogP contribution is 2.32. The second kappa shape index (κ2) is 5.90. The first-order valence-corrected chi connectivity index (χ1v) is 7.91. The number of fused-ring (bicyclic) bond motifs is 1. The molecule has 0 radical (unpaired) electrons. The minimum atomic E-state index is 0.0310. The lowest BCUT2D eigenvalue weighted by Gasteiger charge is -2.19. The topological polar surface area (TPSA) is 104 Å². The Labute approximate surface area is 144 Å². The number of ether oxygens (including phenoxy) is 2. The zero-order valence-electron chi connectivity index (χ0n) is 13.4.